The van der Waals surface area contributed by atoms with Crippen LogP contribution in [0.4, 0.5) is 19.0 Å². The van der Waals surface area contributed by atoms with E-state index in [-0.39, 0.29) is 5.88 Å². The van der Waals surface area contributed by atoms with Crippen molar-refractivity contribution in [3.05, 3.63) is 72.6 Å². The SMILES string of the molecule is Nc1cc(Oc2cc(-c3ccc(C(F)(F)F)cc3)ncn2)c2ccccc2n1. The summed E-state index contributed by atoms with van der Waals surface area (Å²) in [5, 5.41) is 0.756. The van der Waals surface area contributed by atoms with Crippen LogP contribution in [0.3, 0.4) is 0 Å². The van der Waals surface area contributed by atoms with Gasteiger partial charge < -0.3 is 10.5 Å². The highest BCUT2D eigenvalue weighted by atomic mass is 19.4. The molecule has 0 spiro atoms. The van der Waals surface area contributed by atoms with E-state index in [0.29, 0.717) is 28.3 Å². The molecule has 0 atom stereocenters. The van der Waals surface area contributed by atoms with Gasteiger partial charge in [-0.2, -0.15) is 13.2 Å². The fourth-order valence-corrected chi connectivity index (χ4v) is 2.74. The van der Waals surface area contributed by atoms with E-state index in [9.17, 15) is 13.2 Å². The number of aromatic nitrogens is 3. The molecule has 2 aromatic heterocycles. The van der Waals surface area contributed by atoms with Crippen molar-refractivity contribution in [1.29, 1.82) is 0 Å². The summed E-state index contributed by atoms with van der Waals surface area (Å²) in [6, 6.07) is 15.2. The molecular weight excluding hydrogens is 369 g/mol. The fourth-order valence-electron chi connectivity index (χ4n) is 2.74. The predicted octanol–water partition coefficient (Wildman–Crippen LogP) is 5.09. The molecular formula is C20H13F3N4O. The van der Waals surface area contributed by atoms with E-state index < -0.39 is 11.7 Å². The number of rotatable bonds is 3. The van der Waals surface area contributed by atoms with Crippen molar-refractivity contribution in [2.45, 2.75) is 6.18 Å². The lowest BCUT2D eigenvalue weighted by Crippen LogP contribution is -2.04. The minimum absolute atomic E-state index is 0.237. The maximum Gasteiger partial charge on any atom is 0.416 e. The largest absolute Gasteiger partial charge is 0.438 e. The topological polar surface area (TPSA) is 73.9 Å². The van der Waals surface area contributed by atoms with E-state index in [2.05, 4.69) is 15.0 Å². The number of nitrogen functional groups attached to an aromatic ring is 1. The van der Waals surface area contributed by atoms with Crippen LogP contribution in [0.15, 0.2) is 67.0 Å². The Morgan fingerprint density at radius 2 is 1.64 bits per heavy atom. The van der Waals surface area contributed by atoms with Gasteiger partial charge in [-0.3, -0.25) is 0 Å². The molecule has 28 heavy (non-hydrogen) atoms. The quantitative estimate of drug-likeness (QED) is 0.535. The van der Waals surface area contributed by atoms with Gasteiger partial charge in [0.1, 0.15) is 17.9 Å². The predicted molar refractivity (Wildman–Crippen MR) is 98.7 cm³/mol. The minimum atomic E-state index is -4.39. The monoisotopic (exact) mass is 382 g/mol. The lowest BCUT2D eigenvalue weighted by atomic mass is 10.1. The van der Waals surface area contributed by atoms with Crippen LogP contribution in [0.25, 0.3) is 22.2 Å². The van der Waals surface area contributed by atoms with Gasteiger partial charge in [0.15, 0.2) is 0 Å². The molecule has 4 aromatic rings. The standard InChI is InChI=1S/C20H13F3N4O/c21-20(22,23)13-7-5-12(6-8-13)16-9-19(26-11-25-16)28-17-10-18(24)27-15-4-2-1-3-14(15)17/h1-11H,(H2,24,27). The molecule has 0 fully saturated rings. The van der Waals surface area contributed by atoms with E-state index in [1.165, 1.54) is 18.5 Å². The zero-order valence-electron chi connectivity index (χ0n) is 14.3. The number of benzene rings is 2. The van der Waals surface area contributed by atoms with Gasteiger partial charge in [0.25, 0.3) is 0 Å². The molecule has 2 heterocycles. The molecule has 2 aromatic carbocycles. The Kier molecular flexibility index (Phi) is 4.31. The van der Waals surface area contributed by atoms with Gasteiger partial charge in [-0.15, -0.1) is 0 Å². The molecule has 2 N–H and O–H groups in total. The Labute approximate surface area is 157 Å². The van der Waals surface area contributed by atoms with Gasteiger partial charge in [-0.25, -0.2) is 15.0 Å². The fraction of sp³-hybridized carbons (Fsp3) is 0.0500. The number of hydrogen-bond donors (Lipinski definition) is 1. The maximum absolute atomic E-state index is 12.7. The van der Waals surface area contributed by atoms with Crippen LogP contribution in [0.1, 0.15) is 5.56 Å². The normalized spacial score (nSPS) is 11.5. The highest BCUT2D eigenvalue weighted by Gasteiger charge is 2.30. The van der Waals surface area contributed by atoms with Gasteiger partial charge in [0, 0.05) is 23.1 Å². The zero-order valence-corrected chi connectivity index (χ0v) is 14.3. The molecule has 0 bridgehead atoms. The highest BCUT2D eigenvalue weighted by molar-refractivity contribution is 5.86. The average molecular weight is 382 g/mol. The Hall–Kier alpha value is -3.68. The first-order valence-electron chi connectivity index (χ1n) is 8.23. The summed E-state index contributed by atoms with van der Waals surface area (Å²) in [7, 11) is 0. The molecule has 0 radical (unpaired) electrons. The van der Waals surface area contributed by atoms with Crippen LogP contribution in [-0.2, 0) is 6.18 Å². The number of hydrogen-bond acceptors (Lipinski definition) is 5. The van der Waals surface area contributed by atoms with Gasteiger partial charge in [0.2, 0.25) is 5.88 Å². The maximum atomic E-state index is 12.7. The number of anilines is 1. The van der Waals surface area contributed by atoms with Gasteiger partial charge >= 0.3 is 6.18 Å². The Balaban J connectivity index is 1.67. The number of halogens is 3. The van der Waals surface area contributed by atoms with Crippen LogP contribution >= 0.6 is 0 Å². The zero-order chi connectivity index (χ0) is 19.7. The third-order valence-corrected chi connectivity index (χ3v) is 4.06. The second kappa shape index (κ2) is 6.80. The molecule has 0 saturated carbocycles. The number of alkyl halides is 3. The third kappa shape index (κ3) is 3.57. The smallest absolute Gasteiger partial charge is 0.416 e. The number of nitrogens with two attached hydrogens (primary N) is 1. The molecule has 0 aliphatic carbocycles. The van der Waals surface area contributed by atoms with Gasteiger partial charge in [-0.1, -0.05) is 24.3 Å². The Morgan fingerprint density at radius 3 is 2.39 bits per heavy atom. The van der Waals surface area contributed by atoms with Crippen molar-refractivity contribution in [2.75, 3.05) is 5.73 Å². The summed E-state index contributed by atoms with van der Waals surface area (Å²) < 4.78 is 44.0. The summed E-state index contributed by atoms with van der Waals surface area (Å²) in [6.07, 6.45) is -3.10. The number of pyridine rings is 1. The summed E-state index contributed by atoms with van der Waals surface area (Å²) in [6.45, 7) is 0. The van der Waals surface area contributed by atoms with Crippen LogP contribution in [-0.4, -0.2) is 15.0 Å². The van der Waals surface area contributed by atoms with Gasteiger partial charge in [-0.05, 0) is 24.3 Å². The van der Waals surface area contributed by atoms with Crippen molar-refractivity contribution in [3.63, 3.8) is 0 Å². The van der Waals surface area contributed by atoms with E-state index in [4.69, 9.17) is 10.5 Å². The first-order valence-corrected chi connectivity index (χ1v) is 8.23. The van der Waals surface area contributed by atoms with E-state index >= 15 is 0 Å². The average Bonchev–Trinajstić information content (AvgIpc) is 2.67. The number of nitrogens with zero attached hydrogens (tertiary/aromatic N) is 3. The summed E-state index contributed by atoms with van der Waals surface area (Å²) in [5.41, 5.74) is 6.74. The number of fused-ring (bicyclic) bond motifs is 1. The van der Waals surface area contributed by atoms with Crippen LogP contribution in [0.2, 0.25) is 0 Å². The van der Waals surface area contributed by atoms with Crippen LogP contribution < -0.4 is 10.5 Å². The third-order valence-electron chi connectivity index (χ3n) is 4.06. The second-order valence-corrected chi connectivity index (χ2v) is 5.98. The highest BCUT2D eigenvalue weighted by Crippen LogP contribution is 2.33. The molecule has 0 aliphatic heterocycles. The first-order chi connectivity index (χ1) is 13.4. The lowest BCUT2D eigenvalue weighted by molar-refractivity contribution is -0.137. The molecule has 0 aliphatic rings. The molecule has 4 rings (SSSR count). The van der Waals surface area contributed by atoms with Crippen LogP contribution in [0, 0.1) is 0 Å². The van der Waals surface area contributed by atoms with Gasteiger partial charge in [0.05, 0.1) is 16.8 Å². The summed E-state index contributed by atoms with van der Waals surface area (Å²) >= 11 is 0. The van der Waals surface area contributed by atoms with Crippen molar-refractivity contribution in [1.82, 2.24) is 15.0 Å². The molecule has 0 saturated heterocycles. The number of para-hydroxylation sites is 1. The van der Waals surface area contributed by atoms with E-state index in [0.717, 1.165) is 17.5 Å². The molecule has 0 amide bonds. The first kappa shape index (κ1) is 17.7. The van der Waals surface area contributed by atoms with Crippen LogP contribution in [0.5, 0.6) is 11.6 Å². The van der Waals surface area contributed by atoms with Crippen molar-refractivity contribution in [3.8, 4) is 22.9 Å². The summed E-state index contributed by atoms with van der Waals surface area (Å²) in [5.74, 6) is 1.01. The molecule has 8 heteroatoms. The second-order valence-electron chi connectivity index (χ2n) is 5.98. The Morgan fingerprint density at radius 1 is 0.893 bits per heavy atom. The molecule has 140 valence electrons. The van der Waals surface area contributed by atoms with E-state index in [1.54, 1.807) is 12.1 Å². The number of ether oxygens (including phenoxy) is 1. The minimum Gasteiger partial charge on any atom is -0.438 e. The summed E-state index contributed by atoms with van der Waals surface area (Å²) in [4.78, 5) is 12.4. The Bertz CT molecular complexity index is 1140. The van der Waals surface area contributed by atoms with Crippen molar-refractivity contribution < 1.29 is 17.9 Å². The van der Waals surface area contributed by atoms with Crippen molar-refractivity contribution >= 4 is 16.7 Å². The van der Waals surface area contributed by atoms with Crippen molar-refractivity contribution in [2.24, 2.45) is 0 Å². The molecule has 5 nitrogen and oxygen atoms in total. The lowest BCUT2D eigenvalue weighted by Gasteiger charge is -2.10. The molecule has 0 unspecified atom stereocenters. The van der Waals surface area contributed by atoms with E-state index in [1.807, 2.05) is 24.3 Å².